The van der Waals surface area contributed by atoms with Gasteiger partial charge in [-0.05, 0) is 61.1 Å². The third-order valence-electron chi connectivity index (χ3n) is 8.02. The number of nitrogens with one attached hydrogen (secondary N) is 1. The number of carbonyl (C=O) groups excluding carboxylic acids is 3. The first-order valence-corrected chi connectivity index (χ1v) is 14.2. The van der Waals surface area contributed by atoms with Crippen molar-refractivity contribution in [3.63, 3.8) is 0 Å². The number of rotatable bonds is 8. The molecule has 2 aromatic carbocycles. The van der Waals surface area contributed by atoms with Crippen molar-refractivity contribution in [3.05, 3.63) is 65.2 Å². The first-order valence-electron chi connectivity index (χ1n) is 14.2. The first kappa shape index (κ1) is 32.2. The van der Waals surface area contributed by atoms with Crippen molar-refractivity contribution in [2.45, 2.75) is 64.3 Å². The van der Waals surface area contributed by atoms with Gasteiger partial charge in [0.1, 0.15) is 23.9 Å². The maximum atomic E-state index is 13.8. The second kappa shape index (κ2) is 12.1. The number of hydrogen-bond acceptors (Lipinski definition) is 7. The Bertz CT molecular complexity index is 1500. The van der Waals surface area contributed by atoms with Gasteiger partial charge < -0.3 is 35.2 Å². The second-order valence-corrected chi connectivity index (χ2v) is 12.2. The number of aryl methyl sites for hydroxylation is 1. The monoisotopic (exact) mass is 607 g/mol. The number of likely N-dealkylation sites (N-methyl/N-ethyl adjacent to an activating group) is 1. The summed E-state index contributed by atoms with van der Waals surface area (Å²) < 4.78 is 5.12. The van der Waals surface area contributed by atoms with Gasteiger partial charge in [-0.25, -0.2) is 9.59 Å². The Hall–Kier alpha value is -4.71. The van der Waals surface area contributed by atoms with Crippen molar-refractivity contribution >= 4 is 41.4 Å². The minimum absolute atomic E-state index is 0.0551. The third kappa shape index (κ3) is 6.02. The summed E-state index contributed by atoms with van der Waals surface area (Å²) in [5, 5.41) is 32.2. The fourth-order valence-corrected chi connectivity index (χ4v) is 5.42. The van der Waals surface area contributed by atoms with Crippen molar-refractivity contribution in [3.8, 4) is 5.75 Å². The zero-order valence-electron chi connectivity index (χ0n) is 25.2. The molecular weight excluding hydrogens is 570 g/mol. The topological polar surface area (TPSA) is 174 Å². The van der Waals surface area contributed by atoms with Crippen LogP contribution in [0.5, 0.6) is 5.75 Å². The van der Waals surface area contributed by atoms with Crippen molar-refractivity contribution in [1.82, 2.24) is 10.2 Å². The maximum absolute atomic E-state index is 13.8. The molecule has 2 heterocycles. The number of anilines is 1. The predicted molar refractivity (Wildman–Crippen MR) is 160 cm³/mol. The van der Waals surface area contributed by atoms with E-state index in [0.29, 0.717) is 30.6 Å². The van der Waals surface area contributed by atoms with E-state index in [4.69, 9.17) is 4.74 Å². The standard InChI is InChI=1S/C32H37N3O9/c1-18-8-12-20(13-9-18)34(5)27(38)22-7-6-16-35(22)28(39)25(31(2,3)4)33-24(36)15-11-19-10-14-23-21(17-19)26(37)32(44-23,29(40)41)30(42)43/h8-15,17,22,25-26,37H,6-7,16H2,1-5H3,(H,33,36)(H,40,41)(H,42,43)/b15-11+. The molecule has 0 saturated carbocycles. The number of aliphatic hydroxyl groups excluding tert-OH is 1. The molecule has 0 bridgehead atoms. The van der Waals surface area contributed by atoms with Gasteiger partial charge >= 0.3 is 17.5 Å². The molecule has 0 radical (unpaired) electrons. The highest BCUT2D eigenvalue weighted by atomic mass is 16.6. The number of aliphatic hydroxyl groups is 1. The Morgan fingerprint density at radius 2 is 1.70 bits per heavy atom. The van der Waals surface area contributed by atoms with Crippen LogP contribution in [0.1, 0.15) is 56.4 Å². The van der Waals surface area contributed by atoms with Crippen LogP contribution in [-0.2, 0) is 24.0 Å². The zero-order chi connectivity index (χ0) is 32.6. The largest absolute Gasteiger partial charge is 0.478 e. The molecule has 2 aliphatic rings. The first-order chi connectivity index (χ1) is 20.6. The number of benzene rings is 2. The van der Waals surface area contributed by atoms with E-state index < -0.39 is 47.0 Å². The third-order valence-corrected chi connectivity index (χ3v) is 8.02. The molecule has 4 rings (SSSR count). The van der Waals surface area contributed by atoms with Crippen molar-refractivity contribution in [1.29, 1.82) is 0 Å². The van der Waals surface area contributed by atoms with Gasteiger partial charge in [0, 0.05) is 30.9 Å². The molecule has 12 heteroatoms. The highest BCUT2D eigenvalue weighted by Gasteiger charge is 2.61. The Balaban J connectivity index is 1.49. The molecule has 234 valence electrons. The number of nitrogens with zero attached hydrogens (tertiary/aromatic N) is 2. The van der Waals surface area contributed by atoms with Gasteiger partial charge in [-0.1, -0.05) is 44.5 Å². The minimum atomic E-state index is -2.88. The van der Waals surface area contributed by atoms with Gasteiger partial charge in [0.25, 0.3) is 0 Å². The molecule has 1 saturated heterocycles. The van der Waals surface area contributed by atoms with Crippen LogP contribution in [-0.4, -0.2) is 81.2 Å². The van der Waals surface area contributed by atoms with Gasteiger partial charge in [0.15, 0.2) is 0 Å². The quantitative estimate of drug-likeness (QED) is 0.260. The Morgan fingerprint density at radius 1 is 1.07 bits per heavy atom. The molecular formula is C32H37N3O9. The number of aliphatic carboxylic acids is 2. The molecule has 2 aliphatic heterocycles. The number of ether oxygens (including phenoxy) is 1. The zero-order valence-corrected chi connectivity index (χ0v) is 25.2. The lowest BCUT2D eigenvalue weighted by Crippen LogP contribution is -2.57. The molecule has 3 amide bonds. The van der Waals surface area contributed by atoms with E-state index in [1.54, 1.807) is 11.9 Å². The molecule has 3 atom stereocenters. The number of fused-ring (bicyclic) bond motifs is 1. The van der Waals surface area contributed by atoms with Crippen molar-refractivity contribution < 1.29 is 44.0 Å². The van der Waals surface area contributed by atoms with Crippen LogP contribution in [0.2, 0.25) is 0 Å². The smallest absolute Gasteiger partial charge is 0.363 e. The Morgan fingerprint density at radius 3 is 2.30 bits per heavy atom. The molecule has 12 nitrogen and oxygen atoms in total. The normalized spacial score (nSPS) is 19.6. The lowest BCUT2D eigenvalue weighted by Gasteiger charge is -2.36. The Kier molecular flexibility index (Phi) is 8.87. The Labute approximate surface area is 254 Å². The highest BCUT2D eigenvalue weighted by molar-refractivity contribution is 6.04. The lowest BCUT2D eigenvalue weighted by atomic mass is 9.85. The molecule has 4 N–H and O–H groups in total. The molecule has 0 aromatic heterocycles. The summed E-state index contributed by atoms with van der Waals surface area (Å²) in [6.07, 6.45) is 1.72. The van der Waals surface area contributed by atoms with E-state index in [9.17, 15) is 39.3 Å². The summed E-state index contributed by atoms with van der Waals surface area (Å²) >= 11 is 0. The molecule has 1 fully saturated rings. The van der Waals surface area contributed by atoms with Gasteiger partial charge in [0.05, 0.1) is 0 Å². The van der Waals surface area contributed by atoms with Crippen LogP contribution in [0.3, 0.4) is 0 Å². The average Bonchev–Trinajstić information content (AvgIpc) is 3.57. The number of carboxylic acids is 2. The van der Waals surface area contributed by atoms with Gasteiger partial charge in [-0.2, -0.15) is 0 Å². The van der Waals surface area contributed by atoms with E-state index in [-0.39, 0.29) is 23.1 Å². The number of amides is 3. The summed E-state index contributed by atoms with van der Waals surface area (Å²) in [4.78, 5) is 66.7. The van der Waals surface area contributed by atoms with Crippen LogP contribution in [0, 0.1) is 12.3 Å². The molecule has 3 unspecified atom stereocenters. The number of carbonyl (C=O) groups is 5. The summed E-state index contributed by atoms with van der Waals surface area (Å²) in [7, 11) is 1.68. The van der Waals surface area contributed by atoms with Crippen LogP contribution in [0.25, 0.3) is 6.08 Å². The summed E-state index contributed by atoms with van der Waals surface area (Å²) in [5.41, 5.74) is -1.51. The van der Waals surface area contributed by atoms with E-state index >= 15 is 0 Å². The van der Waals surface area contributed by atoms with Crippen molar-refractivity contribution in [2.75, 3.05) is 18.5 Å². The van der Waals surface area contributed by atoms with E-state index in [1.165, 1.54) is 35.3 Å². The van der Waals surface area contributed by atoms with Gasteiger partial charge in [-0.3, -0.25) is 14.4 Å². The predicted octanol–water partition coefficient (Wildman–Crippen LogP) is 2.53. The number of carboxylic acid groups (broad SMARTS) is 2. The van der Waals surface area contributed by atoms with Crippen LogP contribution in [0.4, 0.5) is 5.69 Å². The van der Waals surface area contributed by atoms with Gasteiger partial charge in [0.2, 0.25) is 17.7 Å². The molecule has 44 heavy (non-hydrogen) atoms. The number of hydrogen-bond donors (Lipinski definition) is 4. The van der Waals surface area contributed by atoms with E-state index in [2.05, 4.69) is 5.32 Å². The van der Waals surface area contributed by atoms with Crippen molar-refractivity contribution in [2.24, 2.45) is 5.41 Å². The van der Waals surface area contributed by atoms with Crippen LogP contribution < -0.4 is 15.0 Å². The molecule has 0 aliphatic carbocycles. The average molecular weight is 608 g/mol. The van der Waals surface area contributed by atoms with E-state index in [0.717, 1.165) is 5.56 Å². The van der Waals surface area contributed by atoms with Crippen LogP contribution >= 0.6 is 0 Å². The second-order valence-electron chi connectivity index (χ2n) is 12.2. The minimum Gasteiger partial charge on any atom is -0.478 e. The molecule has 0 spiro atoms. The van der Waals surface area contributed by atoms with E-state index in [1.807, 2.05) is 52.0 Å². The van der Waals surface area contributed by atoms with Crippen LogP contribution in [0.15, 0.2) is 48.5 Å². The number of likely N-dealkylation sites (tertiary alicyclic amines) is 1. The van der Waals surface area contributed by atoms with Gasteiger partial charge in [-0.15, -0.1) is 0 Å². The summed E-state index contributed by atoms with van der Waals surface area (Å²) in [5.74, 6) is -5.00. The fourth-order valence-electron chi connectivity index (χ4n) is 5.42. The SMILES string of the molecule is Cc1ccc(N(C)C(=O)C2CCCN2C(=O)C(NC(=O)/C=C/c2ccc3c(c2)C(O)C(C(=O)O)(C(=O)O)O3)C(C)(C)C)cc1. The molecule has 2 aromatic rings. The maximum Gasteiger partial charge on any atom is 0.363 e. The highest BCUT2D eigenvalue weighted by Crippen LogP contribution is 2.44. The summed E-state index contributed by atoms with van der Waals surface area (Å²) in [6.45, 7) is 7.76. The fraction of sp³-hybridized carbons (Fsp3) is 0.406. The lowest BCUT2D eigenvalue weighted by molar-refractivity contribution is -0.180. The summed E-state index contributed by atoms with van der Waals surface area (Å²) in [6, 6.07) is 9.99.